The smallest absolute Gasteiger partial charge is 0.271 e. The van der Waals surface area contributed by atoms with Crippen LogP contribution in [0.4, 0.5) is 0 Å². The molecule has 0 saturated heterocycles. The number of benzene rings is 1. The molecule has 0 bridgehead atoms. The molecule has 0 aliphatic carbocycles. The minimum absolute atomic E-state index is 0.0798. The highest BCUT2D eigenvalue weighted by Crippen LogP contribution is 2.22. The predicted molar refractivity (Wildman–Crippen MR) is 84.6 cm³/mol. The van der Waals surface area contributed by atoms with Gasteiger partial charge in [-0.3, -0.25) is 4.79 Å². The summed E-state index contributed by atoms with van der Waals surface area (Å²) in [6, 6.07) is 11.2. The second-order valence-corrected chi connectivity index (χ2v) is 5.50. The van der Waals surface area contributed by atoms with E-state index in [1.54, 1.807) is 13.2 Å². The molecule has 5 heteroatoms. The minimum atomic E-state index is -0.193. The number of rotatable bonds is 5. The first-order valence-electron chi connectivity index (χ1n) is 7.17. The average molecular weight is 297 g/mol. The summed E-state index contributed by atoms with van der Waals surface area (Å²) in [5.74, 6) is 1.02. The Labute approximate surface area is 129 Å². The third kappa shape index (κ3) is 3.53. The third-order valence-electron chi connectivity index (χ3n) is 3.22. The molecule has 2 aromatic rings. The highest BCUT2D eigenvalue weighted by atomic mass is 16.5. The topological polar surface area (TPSA) is 67.9 Å². The largest absolute Gasteiger partial charge is 0.497 e. The van der Waals surface area contributed by atoms with Gasteiger partial charge >= 0.3 is 0 Å². The Morgan fingerprint density at radius 3 is 2.77 bits per heavy atom. The fraction of sp³-hybridized carbons (Fsp3) is 0.353. The number of nitriles is 1. The number of aromatic nitrogens is 2. The summed E-state index contributed by atoms with van der Waals surface area (Å²) in [6.45, 7) is 4.57. The van der Waals surface area contributed by atoms with Gasteiger partial charge in [-0.25, -0.2) is 4.68 Å². The third-order valence-corrected chi connectivity index (χ3v) is 3.22. The summed E-state index contributed by atoms with van der Waals surface area (Å²) in [4.78, 5) is 12.3. The SMILES string of the molecule is COc1cccc(-c2cc(CC#N)c(=O)n(CC(C)C)n2)c1. The van der Waals surface area contributed by atoms with E-state index in [9.17, 15) is 4.79 Å². The average Bonchev–Trinajstić information content (AvgIpc) is 2.51. The molecule has 0 radical (unpaired) electrons. The number of ether oxygens (including phenoxy) is 1. The van der Waals surface area contributed by atoms with E-state index in [4.69, 9.17) is 10.00 Å². The van der Waals surface area contributed by atoms with Gasteiger partial charge in [0.2, 0.25) is 0 Å². The van der Waals surface area contributed by atoms with Crippen LogP contribution in [0, 0.1) is 17.2 Å². The van der Waals surface area contributed by atoms with Gasteiger partial charge in [-0.2, -0.15) is 10.4 Å². The van der Waals surface area contributed by atoms with E-state index in [1.165, 1.54) is 4.68 Å². The Hall–Kier alpha value is -2.61. The molecule has 1 aromatic carbocycles. The Morgan fingerprint density at radius 1 is 1.36 bits per heavy atom. The molecular weight excluding hydrogens is 278 g/mol. The van der Waals surface area contributed by atoms with Crippen LogP contribution < -0.4 is 10.3 Å². The van der Waals surface area contributed by atoms with Crippen molar-refractivity contribution in [2.75, 3.05) is 7.11 Å². The molecule has 0 fully saturated rings. The van der Waals surface area contributed by atoms with Gasteiger partial charge in [0.25, 0.3) is 5.56 Å². The maximum Gasteiger partial charge on any atom is 0.271 e. The lowest BCUT2D eigenvalue weighted by molar-refractivity contribution is 0.415. The number of nitrogens with zero attached hydrogens (tertiary/aromatic N) is 3. The molecule has 0 spiro atoms. The van der Waals surface area contributed by atoms with Crippen LogP contribution in [0.3, 0.4) is 0 Å². The van der Waals surface area contributed by atoms with Crippen LogP contribution in [0.2, 0.25) is 0 Å². The van der Waals surface area contributed by atoms with Crippen molar-refractivity contribution in [2.24, 2.45) is 5.92 Å². The molecule has 1 aromatic heterocycles. The van der Waals surface area contributed by atoms with E-state index in [0.29, 0.717) is 23.7 Å². The van der Waals surface area contributed by atoms with Crippen molar-refractivity contribution in [3.8, 4) is 23.1 Å². The molecule has 0 aliphatic heterocycles. The molecule has 5 nitrogen and oxygen atoms in total. The molecule has 2 rings (SSSR count). The molecule has 0 aliphatic rings. The van der Waals surface area contributed by atoms with Crippen molar-refractivity contribution in [1.29, 1.82) is 5.26 Å². The molecule has 1 heterocycles. The van der Waals surface area contributed by atoms with E-state index in [1.807, 2.05) is 44.2 Å². The molecule has 0 amide bonds. The minimum Gasteiger partial charge on any atom is -0.497 e. The zero-order chi connectivity index (χ0) is 16.1. The van der Waals surface area contributed by atoms with Crippen LogP contribution in [0.25, 0.3) is 11.3 Å². The Morgan fingerprint density at radius 2 is 2.14 bits per heavy atom. The van der Waals surface area contributed by atoms with Crippen LogP contribution in [-0.4, -0.2) is 16.9 Å². The Kier molecular flexibility index (Phi) is 4.95. The maximum atomic E-state index is 12.3. The summed E-state index contributed by atoms with van der Waals surface area (Å²) < 4.78 is 6.67. The van der Waals surface area contributed by atoms with Gasteiger partial charge in [-0.05, 0) is 24.1 Å². The fourth-order valence-electron chi connectivity index (χ4n) is 2.20. The molecule has 0 N–H and O–H groups in total. The first-order chi connectivity index (χ1) is 10.5. The fourth-order valence-corrected chi connectivity index (χ4v) is 2.20. The van der Waals surface area contributed by atoms with Gasteiger partial charge < -0.3 is 4.74 Å². The van der Waals surface area contributed by atoms with Crippen LogP contribution in [0.15, 0.2) is 35.1 Å². The summed E-state index contributed by atoms with van der Waals surface area (Å²) >= 11 is 0. The first-order valence-corrected chi connectivity index (χ1v) is 7.17. The second kappa shape index (κ2) is 6.90. The van der Waals surface area contributed by atoms with E-state index < -0.39 is 0 Å². The van der Waals surface area contributed by atoms with Crippen molar-refractivity contribution in [1.82, 2.24) is 9.78 Å². The summed E-state index contributed by atoms with van der Waals surface area (Å²) in [6.07, 6.45) is 0.0798. The van der Waals surface area contributed by atoms with E-state index in [2.05, 4.69) is 5.10 Å². The van der Waals surface area contributed by atoms with Gasteiger partial charge in [0.1, 0.15) is 5.75 Å². The van der Waals surface area contributed by atoms with Gasteiger partial charge in [0.15, 0.2) is 0 Å². The molecule has 0 unspecified atom stereocenters. The van der Waals surface area contributed by atoms with Gasteiger partial charge in [-0.1, -0.05) is 26.0 Å². The molecule has 114 valence electrons. The number of methoxy groups -OCH3 is 1. The zero-order valence-corrected chi connectivity index (χ0v) is 13.0. The molecular formula is C17H19N3O2. The lowest BCUT2D eigenvalue weighted by Gasteiger charge is -2.12. The normalized spacial score (nSPS) is 10.5. The summed E-state index contributed by atoms with van der Waals surface area (Å²) in [5.41, 5.74) is 1.80. The van der Waals surface area contributed by atoms with Crippen LogP contribution in [-0.2, 0) is 13.0 Å². The zero-order valence-electron chi connectivity index (χ0n) is 13.0. The number of hydrogen-bond donors (Lipinski definition) is 0. The van der Waals surface area contributed by atoms with Crippen LogP contribution >= 0.6 is 0 Å². The summed E-state index contributed by atoms with van der Waals surface area (Å²) in [5, 5.41) is 13.4. The van der Waals surface area contributed by atoms with Crippen molar-refractivity contribution < 1.29 is 4.74 Å². The molecule has 0 atom stereocenters. The Bertz CT molecular complexity index is 757. The highest BCUT2D eigenvalue weighted by molar-refractivity contribution is 5.61. The van der Waals surface area contributed by atoms with Crippen molar-refractivity contribution in [3.63, 3.8) is 0 Å². The van der Waals surface area contributed by atoms with E-state index >= 15 is 0 Å². The predicted octanol–water partition coefficient (Wildman–Crippen LogP) is 2.64. The maximum absolute atomic E-state index is 12.3. The lowest BCUT2D eigenvalue weighted by atomic mass is 10.1. The standard InChI is InChI=1S/C17H19N3O2/c1-12(2)11-20-17(21)14(7-8-18)10-16(19-20)13-5-4-6-15(9-13)22-3/h4-6,9-10,12H,7,11H2,1-3H3. The van der Waals surface area contributed by atoms with E-state index in [0.717, 1.165) is 11.3 Å². The molecule has 22 heavy (non-hydrogen) atoms. The highest BCUT2D eigenvalue weighted by Gasteiger charge is 2.11. The van der Waals surface area contributed by atoms with Crippen molar-refractivity contribution >= 4 is 0 Å². The second-order valence-electron chi connectivity index (χ2n) is 5.50. The Balaban J connectivity index is 2.57. The van der Waals surface area contributed by atoms with Gasteiger partial charge in [0.05, 0.1) is 25.3 Å². The van der Waals surface area contributed by atoms with Crippen LogP contribution in [0.5, 0.6) is 5.75 Å². The van der Waals surface area contributed by atoms with E-state index in [-0.39, 0.29) is 12.0 Å². The summed E-state index contributed by atoms with van der Waals surface area (Å²) in [7, 11) is 1.60. The first kappa shape index (κ1) is 15.8. The van der Waals surface area contributed by atoms with Crippen LogP contribution in [0.1, 0.15) is 19.4 Å². The van der Waals surface area contributed by atoms with Gasteiger partial charge in [0, 0.05) is 17.7 Å². The lowest BCUT2D eigenvalue weighted by Crippen LogP contribution is -2.28. The van der Waals surface area contributed by atoms with Gasteiger partial charge in [-0.15, -0.1) is 0 Å². The monoisotopic (exact) mass is 297 g/mol. The number of hydrogen-bond acceptors (Lipinski definition) is 4. The molecule has 0 saturated carbocycles. The van der Waals surface area contributed by atoms with Crippen molar-refractivity contribution in [2.45, 2.75) is 26.8 Å². The quantitative estimate of drug-likeness (QED) is 0.851. The van der Waals surface area contributed by atoms with Crippen molar-refractivity contribution in [3.05, 3.63) is 46.2 Å².